The summed E-state index contributed by atoms with van der Waals surface area (Å²) >= 11 is 0. The molecule has 20 heavy (non-hydrogen) atoms. The van der Waals surface area contributed by atoms with Crippen molar-refractivity contribution in [1.29, 1.82) is 0 Å². The number of nitrogens with one attached hydrogen (secondary N) is 1. The standard InChI is InChI=1S/C13H11N3O4/c1-8-2-4-9(5-3-8)14-12-11(16(19)20)7-6-10(15-12)13(17)18/h2-7H,1H3,(H,14,15)(H,17,18). The molecule has 102 valence electrons. The predicted octanol–water partition coefficient (Wildman–Crippen LogP) is 2.74. The van der Waals surface area contributed by atoms with E-state index in [-0.39, 0.29) is 17.2 Å². The molecule has 2 rings (SSSR count). The van der Waals surface area contributed by atoms with Crippen molar-refractivity contribution in [3.05, 3.63) is 57.8 Å². The van der Waals surface area contributed by atoms with Crippen LogP contribution in [0.3, 0.4) is 0 Å². The van der Waals surface area contributed by atoms with Gasteiger partial charge in [0.05, 0.1) is 4.92 Å². The number of aromatic nitrogens is 1. The molecule has 0 saturated carbocycles. The molecule has 0 aliphatic heterocycles. The lowest BCUT2D eigenvalue weighted by atomic mass is 10.2. The van der Waals surface area contributed by atoms with E-state index in [0.29, 0.717) is 5.69 Å². The lowest BCUT2D eigenvalue weighted by Gasteiger charge is -2.07. The van der Waals surface area contributed by atoms with E-state index >= 15 is 0 Å². The van der Waals surface area contributed by atoms with E-state index in [1.54, 1.807) is 12.1 Å². The van der Waals surface area contributed by atoms with E-state index in [9.17, 15) is 14.9 Å². The lowest BCUT2D eigenvalue weighted by molar-refractivity contribution is -0.384. The van der Waals surface area contributed by atoms with Gasteiger partial charge in [0.1, 0.15) is 0 Å². The Labute approximate surface area is 114 Å². The molecule has 2 N–H and O–H groups in total. The van der Waals surface area contributed by atoms with E-state index < -0.39 is 10.9 Å². The van der Waals surface area contributed by atoms with Crippen molar-refractivity contribution in [2.45, 2.75) is 6.92 Å². The van der Waals surface area contributed by atoms with Gasteiger partial charge >= 0.3 is 11.7 Å². The summed E-state index contributed by atoms with van der Waals surface area (Å²) in [4.78, 5) is 24.9. The number of carbonyl (C=O) groups is 1. The molecule has 7 nitrogen and oxygen atoms in total. The van der Waals surface area contributed by atoms with E-state index in [2.05, 4.69) is 10.3 Å². The van der Waals surface area contributed by atoms with Crippen LogP contribution in [0.5, 0.6) is 0 Å². The second-order valence-electron chi connectivity index (χ2n) is 4.12. The number of aromatic carboxylic acids is 1. The maximum atomic E-state index is 10.9. The zero-order valence-corrected chi connectivity index (χ0v) is 10.5. The van der Waals surface area contributed by atoms with Gasteiger partial charge in [-0.05, 0) is 25.1 Å². The molecule has 0 saturated heterocycles. The fourth-order valence-corrected chi connectivity index (χ4v) is 1.58. The van der Waals surface area contributed by atoms with Crippen molar-refractivity contribution in [3.8, 4) is 0 Å². The molecule has 2 aromatic rings. The Balaban J connectivity index is 2.41. The first kappa shape index (κ1) is 13.5. The topological polar surface area (TPSA) is 105 Å². The van der Waals surface area contributed by atoms with E-state index in [1.807, 2.05) is 19.1 Å². The van der Waals surface area contributed by atoms with Crippen LogP contribution >= 0.6 is 0 Å². The summed E-state index contributed by atoms with van der Waals surface area (Å²) in [6, 6.07) is 9.33. The second-order valence-corrected chi connectivity index (χ2v) is 4.12. The average Bonchev–Trinajstić information content (AvgIpc) is 2.41. The fourth-order valence-electron chi connectivity index (χ4n) is 1.58. The van der Waals surface area contributed by atoms with Crippen molar-refractivity contribution < 1.29 is 14.8 Å². The summed E-state index contributed by atoms with van der Waals surface area (Å²) in [5, 5.41) is 22.6. The van der Waals surface area contributed by atoms with Crippen LogP contribution in [0, 0.1) is 17.0 Å². The maximum absolute atomic E-state index is 10.9. The number of pyridine rings is 1. The number of benzene rings is 1. The van der Waals surface area contributed by atoms with Gasteiger partial charge in [-0.1, -0.05) is 17.7 Å². The van der Waals surface area contributed by atoms with Gasteiger partial charge in [-0.15, -0.1) is 0 Å². The Kier molecular flexibility index (Phi) is 3.60. The van der Waals surface area contributed by atoms with Gasteiger partial charge in [0.2, 0.25) is 5.82 Å². The summed E-state index contributed by atoms with van der Waals surface area (Å²) in [5.41, 5.74) is 1.09. The van der Waals surface area contributed by atoms with Crippen LogP contribution in [0.25, 0.3) is 0 Å². The number of nitrogens with zero attached hydrogens (tertiary/aromatic N) is 2. The van der Waals surface area contributed by atoms with Gasteiger partial charge in [-0.3, -0.25) is 10.1 Å². The number of nitro groups is 1. The third-order valence-corrected chi connectivity index (χ3v) is 2.60. The first-order chi connectivity index (χ1) is 9.47. The van der Waals surface area contributed by atoms with E-state index in [0.717, 1.165) is 17.7 Å². The monoisotopic (exact) mass is 273 g/mol. The normalized spacial score (nSPS) is 10.1. The maximum Gasteiger partial charge on any atom is 0.354 e. The zero-order chi connectivity index (χ0) is 14.7. The highest BCUT2D eigenvalue weighted by Gasteiger charge is 2.18. The number of rotatable bonds is 4. The van der Waals surface area contributed by atoms with Crippen LogP contribution in [0.1, 0.15) is 16.1 Å². The van der Waals surface area contributed by atoms with E-state index in [1.165, 1.54) is 0 Å². The predicted molar refractivity (Wildman–Crippen MR) is 72.3 cm³/mol. The van der Waals surface area contributed by atoms with Crippen molar-refractivity contribution in [3.63, 3.8) is 0 Å². The highest BCUT2D eigenvalue weighted by Crippen LogP contribution is 2.25. The van der Waals surface area contributed by atoms with Crippen LogP contribution in [0.15, 0.2) is 36.4 Å². The van der Waals surface area contributed by atoms with Crippen molar-refractivity contribution in [2.75, 3.05) is 5.32 Å². The summed E-state index contributed by atoms with van der Waals surface area (Å²) in [6.07, 6.45) is 0. The summed E-state index contributed by atoms with van der Waals surface area (Å²) in [6.45, 7) is 1.91. The SMILES string of the molecule is Cc1ccc(Nc2nc(C(=O)O)ccc2[N+](=O)[O-])cc1. The first-order valence-electron chi connectivity index (χ1n) is 5.70. The van der Waals surface area contributed by atoms with Gasteiger partial charge in [0, 0.05) is 11.8 Å². The molecule has 1 heterocycles. The Morgan fingerprint density at radius 3 is 2.45 bits per heavy atom. The van der Waals surface area contributed by atoms with Crippen LogP contribution in [0.4, 0.5) is 17.2 Å². The number of hydrogen-bond acceptors (Lipinski definition) is 5. The molecule has 0 aliphatic carbocycles. The molecule has 0 atom stereocenters. The number of hydrogen-bond donors (Lipinski definition) is 2. The first-order valence-corrected chi connectivity index (χ1v) is 5.70. The van der Waals surface area contributed by atoms with Crippen molar-refractivity contribution >= 4 is 23.2 Å². The molecule has 7 heteroatoms. The Morgan fingerprint density at radius 1 is 1.25 bits per heavy atom. The largest absolute Gasteiger partial charge is 0.477 e. The average molecular weight is 273 g/mol. The number of carboxylic acid groups (broad SMARTS) is 1. The number of aryl methyl sites for hydroxylation is 1. The third-order valence-electron chi connectivity index (χ3n) is 2.60. The number of anilines is 2. The molecular weight excluding hydrogens is 262 g/mol. The van der Waals surface area contributed by atoms with Crippen molar-refractivity contribution in [1.82, 2.24) is 4.98 Å². The van der Waals surface area contributed by atoms with Crippen LogP contribution in [-0.4, -0.2) is 21.0 Å². The quantitative estimate of drug-likeness (QED) is 0.655. The molecule has 0 amide bonds. The molecule has 0 spiro atoms. The summed E-state index contributed by atoms with van der Waals surface area (Å²) in [5.74, 6) is -1.34. The molecule has 1 aromatic carbocycles. The van der Waals surface area contributed by atoms with Gasteiger partial charge < -0.3 is 10.4 Å². The highest BCUT2D eigenvalue weighted by atomic mass is 16.6. The molecule has 0 fully saturated rings. The van der Waals surface area contributed by atoms with Crippen LogP contribution in [0.2, 0.25) is 0 Å². The minimum absolute atomic E-state index is 0.0984. The van der Waals surface area contributed by atoms with Crippen molar-refractivity contribution in [2.24, 2.45) is 0 Å². The summed E-state index contributed by atoms with van der Waals surface area (Å²) in [7, 11) is 0. The van der Waals surface area contributed by atoms with Gasteiger partial charge in [0.25, 0.3) is 0 Å². The third kappa shape index (κ3) is 2.89. The fraction of sp³-hybridized carbons (Fsp3) is 0.0769. The summed E-state index contributed by atoms with van der Waals surface area (Å²) < 4.78 is 0. The number of carboxylic acids is 1. The van der Waals surface area contributed by atoms with Gasteiger partial charge in [-0.2, -0.15) is 0 Å². The van der Waals surface area contributed by atoms with Crippen LogP contribution < -0.4 is 5.32 Å². The molecule has 0 aliphatic rings. The minimum Gasteiger partial charge on any atom is -0.477 e. The van der Waals surface area contributed by atoms with E-state index in [4.69, 9.17) is 5.11 Å². The minimum atomic E-state index is -1.24. The Bertz CT molecular complexity index is 668. The van der Waals surface area contributed by atoms with Crippen LogP contribution in [-0.2, 0) is 0 Å². The van der Waals surface area contributed by atoms with Gasteiger partial charge in [0.15, 0.2) is 5.69 Å². The zero-order valence-electron chi connectivity index (χ0n) is 10.5. The molecule has 1 aromatic heterocycles. The highest BCUT2D eigenvalue weighted by molar-refractivity contribution is 5.86. The molecule has 0 radical (unpaired) electrons. The van der Waals surface area contributed by atoms with Gasteiger partial charge in [-0.25, -0.2) is 9.78 Å². The molecular formula is C13H11N3O4. The lowest BCUT2D eigenvalue weighted by Crippen LogP contribution is -2.05. The molecule has 0 bridgehead atoms. The second kappa shape index (κ2) is 5.35. The molecule has 0 unspecified atom stereocenters. The smallest absolute Gasteiger partial charge is 0.354 e. The Morgan fingerprint density at radius 2 is 1.90 bits per heavy atom. The Hall–Kier alpha value is -2.96.